The van der Waals surface area contributed by atoms with Crippen LogP contribution in [0, 0.1) is 6.92 Å². The SMILES string of the molecule is Cc1ccc2nnc(C3CCSC3)n2c1. The van der Waals surface area contributed by atoms with Crippen LogP contribution in [0.4, 0.5) is 0 Å². The Balaban J connectivity index is 2.13. The van der Waals surface area contributed by atoms with Crippen LogP contribution in [0.2, 0.25) is 0 Å². The molecule has 78 valence electrons. The molecule has 0 bridgehead atoms. The van der Waals surface area contributed by atoms with Crippen molar-refractivity contribution in [3.8, 4) is 0 Å². The Hall–Kier alpha value is -1.03. The first-order valence-corrected chi connectivity index (χ1v) is 6.39. The molecule has 0 saturated carbocycles. The van der Waals surface area contributed by atoms with Crippen molar-refractivity contribution in [1.29, 1.82) is 0 Å². The summed E-state index contributed by atoms with van der Waals surface area (Å²) < 4.78 is 2.14. The van der Waals surface area contributed by atoms with Crippen molar-refractivity contribution >= 4 is 17.4 Å². The van der Waals surface area contributed by atoms with Crippen LogP contribution in [0.25, 0.3) is 5.65 Å². The molecule has 0 radical (unpaired) electrons. The normalized spacial score (nSPS) is 21.3. The zero-order chi connectivity index (χ0) is 10.3. The third kappa shape index (κ3) is 1.53. The van der Waals surface area contributed by atoms with Gasteiger partial charge in [0.25, 0.3) is 0 Å². The standard InChI is InChI=1S/C11H13N3S/c1-8-2-3-10-12-13-11(14(10)6-8)9-4-5-15-7-9/h2-3,6,9H,4-5,7H2,1H3. The van der Waals surface area contributed by atoms with Gasteiger partial charge in [-0.15, -0.1) is 10.2 Å². The van der Waals surface area contributed by atoms with Gasteiger partial charge in [-0.2, -0.15) is 11.8 Å². The molecule has 0 aliphatic carbocycles. The summed E-state index contributed by atoms with van der Waals surface area (Å²) >= 11 is 2.01. The van der Waals surface area contributed by atoms with Crippen LogP contribution in [0.15, 0.2) is 18.3 Å². The van der Waals surface area contributed by atoms with Crippen LogP contribution < -0.4 is 0 Å². The molecule has 1 saturated heterocycles. The Morgan fingerprint density at radius 3 is 3.13 bits per heavy atom. The third-order valence-corrected chi connectivity index (χ3v) is 4.03. The number of aromatic nitrogens is 3. The highest BCUT2D eigenvalue weighted by atomic mass is 32.2. The molecule has 1 aliphatic heterocycles. The van der Waals surface area contributed by atoms with Crippen molar-refractivity contribution in [1.82, 2.24) is 14.6 Å². The molecule has 3 rings (SSSR count). The number of hydrogen-bond acceptors (Lipinski definition) is 3. The molecule has 2 aromatic heterocycles. The van der Waals surface area contributed by atoms with Crippen LogP contribution in [0.3, 0.4) is 0 Å². The number of nitrogens with zero attached hydrogens (tertiary/aromatic N) is 3. The van der Waals surface area contributed by atoms with E-state index < -0.39 is 0 Å². The summed E-state index contributed by atoms with van der Waals surface area (Å²) in [5.74, 6) is 4.17. The second-order valence-corrected chi connectivity index (χ2v) is 5.20. The summed E-state index contributed by atoms with van der Waals surface area (Å²) in [6, 6.07) is 4.12. The first-order valence-electron chi connectivity index (χ1n) is 5.23. The van der Waals surface area contributed by atoms with Gasteiger partial charge in [0, 0.05) is 17.9 Å². The van der Waals surface area contributed by atoms with Crippen molar-refractivity contribution in [3.05, 3.63) is 29.7 Å². The molecule has 0 aromatic carbocycles. The van der Waals surface area contributed by atoms with Gasteiger partial charge in [0.2, 0.25) is 0 Å². The van der Waals surface area contributed by atoms with Crippen molar-refractivity contribution in [3.63, 3.8) is 0 Å². The van der Waals surface area contributed by atoms with Gasteiger partial charge in [0.1, 0.15) is 5.82 Å². The van der Waals surface area contributed by atoms with E-state index in [0.717, 1.165) is 11.5 Å². The van der Waals surface area contributed by atoms with E-state index in [-0.39, 0.29) is 0 Å². The highest BCUT2D eigenvalue weighted by Crippen LogP contribution is 2.31. The molecule has 4 heteroatoms. The minimum Gasteiger partial charge on any atom is -0.286 e. The number of thioether (sulfide) groups is 1. The molecule has 3 heterocycles. The quantitative estimate of drug-likeness (QED) is 0.737. The lowest BCUT2D eigenvalue weighted by Crippen LogP contribution is -2.03. The lowest BCUT2D eigenvalue weighted by atomic mass is 10.1. The summed E-state index contributed by atoms with van der Waals surface area (Å²) in [4.78, 5) is 0. The van der Waals surface area contributed by atoms with Crippen LogP contribution in [-0.4, -0.2) is 26.1 Å². The Morgan fingerprint density at radius 2 is 2.33 bits per heavy atom. The van der Waals surface area contributed by atoms with Crippen molar-refractivity contribution in [2.45, 2.75) is 19.3 Å². The highest BCUT2D eigenvalue weighted by molar-refractivity contribution is 7.99. The van der Waals surface area contributed by atoms with E-state index >= 15 is 0 Å². The van der Waals surface area contributed by atoms with E-state index in [1.807, 2.05) is 17.8 Å². The van der Waals surface area contributed by atoms with Gasteiger partial charge in [0.15, 0.2) is 5.65 Å². The minimum atomic E-state index is 0.590. The van der Waals surface area contributed by atoms with E-state index in [1.165, 1.54) is 23.5 Å². The summed E-state index contributed by atoms with van der Waals surface area (Å²) in [7, 11) is 0. The highest BCUT2D eigenvalue weighted by Gasteiger charge is 2.22. The van der Waals surface area contributed by atoms with E-state index in [9.17, 15) is 0 Å². The Labute approximate surface area is 92.9 Å². The molecule has 0 N–H and O–H groups in total. The van der Waals surface area contributed by atoms with Crippen LogP contribution in [0.5, 0.6) is 0 Å². The lowest BCUT2D eigenvalue weighted by Gasteiger charge is -2.05. The fourth-order valence-electron chi connectivity index (χ4n) is 2.03. The summed E-state index contributed by atoms with van der Waals surface area (Å²) in [5.41, 5.74) is 2.22. The molecule has 3 nitrogen and oxygen atoms in total. The monoisotopic (exact) mass is 219 g/mol. The fourth-order valence-corrected chi connectivity index (χ4v) is 3.25. The molecule has 1 fully saturated rings. The minimum absolute atomic E-state index is 0.590. The number of hydrogen-bond donors (Lipinski definition) is 0. The van der Waals surface area contributed by atoms with E-state index in [0.29, 0.717) is 5.92 Å². The van der Waals surface area contributed by atoms with Gasteiger partial charge in [0.05, 0.1) is 0 Å². The summed E-state index contributed by atoms with van der Waals surface area (Å²) in [6.45, 7) is 2.10. The van der Waals surface area contributed by atoms with E-state index in [4.69, 9.17) is 0 Å². The zero-order valence-corrected chi connectivity index (χ0v) is 9.50. The average molecular weight is 219 g/mol. The largest absolute Gasteiger partial charge is 0.286 e. The molecular formula is C11H13N3S. The van der Waals surface area contributed by atoms with Gasteiger partial charge in [-0.3, -0.25) is 4.40 Å². The Morgan fingerprint density at radius 1 is 1.40 bits per heavy atom. The Kier molecular flexibility index (Phi) is 2.16. The van der Waals surface area contributed by atoms with Crippen molar-refractivity contribution in [2.24, 2.45) is 0 Å². The second-order valence-electron chi connectivity index (χ2n) is 4.05. The van der Waals surface area contributed by atoms with Gasteiger partial charge >= 0.3 is 0 Å². The van der Waals surface area contributed by atoms with Gasteiger partial charge < -0.3 is 0 Å². The first kappa shape index (κ1) is 9.21. The van der Waals surface area contributed by atoms with Crippen LogP contribution in [0.1, 0.15) is 23.7 Å². The van der Waals surface area contributed by atoms with Crippen molar-refractivity contribution < 1.29 is 0 Å². The molecule has 0 spiro atoms. The molecule has 2 aromatic rings. The predicted octanol–water partition coefficient (Wildman–Crippen LogP) is 2.26. The molecule has 1 unspecified atom stereocenters. The second kappa shape index (κ2) is 3.52. The van der Waals surface area contributed by atoms with Gasteiger partial charge in [-0.1, -0.05) is 6.07 Å². The van der Waals surface area contributed by atoms with Gasteiger partial charge in [-0.05, 0) is 30.7 Å². The maximum Gasteiger partial charge on any atom is 0.160 e. The first-order chi connectivity index (χ1) is 7.34. The topological polar surface area (TPSA) is 30.2 Å². The average Bonchev–Trinajstić information content (AvgIpc) is 2.83. The number of pyridine rings is 1. The Bertz CT molecular complexity index is 486. The fraction of sp³-hybridized carbons (Fsp3) is 0.455. The maximum absolute atomic E-state index is 4.32. The van der Waals surface area contributed by atoms with E-state index in [1.54, 1.807) is 0 Å². The van der Waals surface area contributed by atoms with E-state index in [2.05, 4.69) is 33.8 Å². The van der Waals surface area contributed by atoms with Crippen LogP contribution in [-0.2, 0) is 0 Å². The number of fused-ring (bicyclic) bond motifs is 1. The summed E-state index contributed by atoms with van der Waals surface area (Å²) in [5, 5.41) is 8.53. The molecular weight excluding hydrogens is 206 g/mol. The zero-order valence-electron chi connectivity index (χ0n) is 8.68. The third-order valence-electron chi connectivity index (χ3n) is 2.87. The summed E-state index contributed by atoms with van der Waals surface area (Å²) in [6.07, 6.45) is 3.37. The molecule has 0 amide bonds. The molecule has 15 heavy (non-hydrogen) atoms. The van der Waals surface area contributed by atoms with Gasteiger partial charge in [-0.25, -0.2) is 0 Å². The smallest absolute Gasteiger partial charge is 0.160 e. The number of aryl methyl sites for hydroxylation is 1. The number of rotatable bonds is 1. The maximum atomic E-state index is 4.32. The van der Waals surface area contributed by atoms with Crippen LogP contribution >= 0.6 is 11.8 Å². The molecule has 1 atom stereocenters. The molecule has 1 aliphatic rings. The lowest BCUT2D eigenvalue weighted by molar-refractivity contribution is 0.705. The predicted molar refractivity (Wildman–Crippen MR) is 62.4 cm³/mol. The van der Waals surface area contributed by atoms with Crippen molar-refractivity contribution in [2.75, 3.05) is 11.5 Å².